The van der Waals surface area contributed by atoms with Crippen LogP contribution >= 0.6 is 0 Å². The summed E-state index contributed by atoms with van der Waals surface area (Å²) in [7, 11) is 3.30. The van der Waals surface area contributed by atoms with Crippen molar-refractivity contribution in [3.63, 3.8) is 0 Å². The van der Waals surface area contributed by atoms with Gasteiger partial charge in [-0.3, -0.25) is 0 Å². The van der Waals surface area contributed by atoms with Crippen molar-refractivity contribution in [2.75, 3.05) is 27.3 Å². The first-order valence-corrected chi connectivity index (χ1v) is 5.89. The first-order valence-electron chi connectivity index (χ1n) is 5.89. The molecule has 0 aromatic carbocycles. The van der Waals surface area contributed by atoms with Crippen LogP contribution in [0.1, 0.15) is 27.2 Å². The molecule has 0 radical (unpaired) electrons. The lowest BCUT2D eigenvalue weighted by Crippen LogP contribution is -2.50. The fraction of sp³-hybridized carbons (Fsp3) is 0.917. The zero-order chi connectivity index (χ0) is 13.1. The van der Waals surface area contributed by atoms with Gasteiger partial charge in [0.2, 0.25) is 0 Å². The van der Waals surface area contributed by atoms with Gasteiger partial charge >= 0.3 is 6.09 Å². The Morgan fingerprint density at radius 3 is 1.94 bits per heavy atom. The third-order valence-corrected chi connectivity index (χ3v) is 2.69. The monoisotopic (exact) mass is 245 g/mol. The molecule has 1 amide bonds. The number of rotatable bonds is 2. The molecule has 0 aliphatic carbocycles. The molecule has 2 unspecified atom stereocenters. The molecule has 0 N–H and O–H groups in total. The van der Waals surface area contributed by atoms with E-state index in [0.717, 1.165) is 6.42 Å². The Morgan fingerprint density at radius 1 is 1.12 bits per heavy atom. The number of ether oxygens (including phenoxy) is 3. The first kappa shape index (κ1) is 14.3. The summed E-state index contributed by atoms with van der Waals surface area (Å²) in [6.07, 6.45) is 0.537. The lowest BCUT2D eigenvalue weighted by molar-refractivity contribution is -0.0536. The van der Waals surface area contributed by atoms with E-state index in [1.807, 2.05) is 20.8 Å². The Labute approximate surface area is 103 Å². The molecule has 17 heavy (non-hydrogen) atoms. The lowest BCUT2D eigenvalue weighted by atomic mass is 10.1. The van der Waals surface area contributed by atoms with E-state index in [4.69, 9.17) is 14.2 Å². The van der Waals surface area contributed by atoms with Gasteiger partial charge in [0, 0.05) is 20.6 Å². The van der Waals surface area contributed by atoms with Crippen molar-refractivity contribution < 1.29 is 19.0 Å². The van der Waals surface area contributed by atoms with Crippen molar-refractivity contribution in [2.45, 2.75) is 45.0 Å². The number of piperidine rings is 1. The van der Waals surface area contributed by atoms with Crippen LogP contribution in [0.3, 0.4) is 0 Å². The Bertz CT molecular complexity index is 250. The zero-order valence-electron chi connectivity index (χ0n) is 11.4. The molecule has 0 aromatic heterocycles. The summed E-state index contributed by atoms with van der Waals surface area (Å²) in [5, 5.41) is 0. The maximum Gasteiger partial charge on any atom is 0.410 e. The number of methoxy groups -OCH3 is 2. The third kappa shape index (κ3) is 4.52. The Morgan fingerprint density at radius 2 is 1.59 bits per heavy atom. The van der Waals surface area contributed by atoms with E-state index in [9.17, 15) is 4.79 Å². The molecular formula is C12H23NO4. The van der Waals surface area contributed by atoms with E-state index in [-0.39, 0.29) is 18.3 Å². The van der Waals surface area contributed by atoms with Crippen LogP contribution in [0.25, 0.3) is 0 Å². The maximum absolute atomic E-state index is 11.9. The third-order valence-electron chi connectivity index (χ3n) is 2.69. The fourth-order valence-electron chi connectivity index (χ4n) is 1.83. The van der Waals surface area contributed by atoms with Crippen molar-refractivity contribution in [1.29, 1.82) is 0 Å². The van der Waals surface area contributed by atoms with Crippen LogP contribution < -0.4 is 0 Å². The molecule has 0 bridgehead atoms. The first-order chi connectivity index (χ1) is 7.85. The summed E-state index contributed by atoms with van der Waals surface area (Å²) < 4.78 is 15.9. The van der Waals surface area contributed by atoms with Crippen LogP contribution in [-0.4, -0.2) is 56.1 Å². The average molecular weight is 245 g/mol. The number of hydrogen-bond acceptors (Lipinski definition) is 4. The van der Waals surface area contributed by atoms with E-state index in [2.05, 4.69) is 0 Å². The van der Waals surface area contributed by atoms with Crippen molar-refractivity contribution in [3.05, 3.63) is 0 Å². The van der Waals surface area contributed by atoms with Gasteiger partial charge in [-0.25, -0.2) is 4.79 Å². The summed E-state index contributed by atoms with van der Waals surface area (Å²) in [6, 6.07) is 0. The Balaban J connectivity index is 2.59. The van der Waals surface area contributed by atoms with Gasteiger partial charge in [-0.1, -0.05) is 0 Å². The van der Waals surface area contributed by atoms with Gasteiger partial charge in [-0.2, -0.15) is 0 Å². The molecule has 5 heteroatoms. The number of hydrogen-bond donors (Lipinski definition) is 0. The van der Waals surface area contributed by atoms with E-state index in [1.54, 1.807) is 19.1 Å². The molecule has 0 aromatic rings. The SMILES string of the molecule is COC1CC(OC)CN(C(=O)OC(C)(C)C)C1. The van der Waals surface area contributed by atoms with Gasteiger partial charge < -0.3 is 19.1 Å². The number of carbonyl (C=O) groups excluding carboxylic acids is 1. The zero-order valence-corrected chi connectivity index (χ0v) is 11.4. The minimum atomic E-state index is -0.473. The summed E-state index contributed by atoms with van der Waals surface area (Å²) in [5.41, 5.74) is -0.473. The van der Waals surface area contributed by atoms with Gasteiger partial charge in [0.1, 0.15) is 5.60 Å². The van der Waals surface area contributed by atoms with Crippen LogP contribution in [0, 0.1) is 0 Å². The summed E-state index contributed by atoms with van der Waals surface area (Å²) in [5.74, 6) is 0. The van der Waals surface area contributed by atoms with Gasteiger partial charge in [0.05, 0.1) is 25.3 Å². The second kappa shape index (κ2) is 5.69. The van der Waals surface area contributed by atoms with Crippen LogP contribution in [0.15, 0.2) is 0 Å². The molecular weight excluding hydrogens is 222 g/mol. The van der Waals surface area contributed by atoms with Crippen LogP contribution in [-0.2, 0) is 14.2 Å². The summed E-state index contributed by atoms with van der Waals surface area (Å²) in [6.45, 7) is 6.69. The van der Waals surface area contributed by atoms with E-state index in [0.29, 0.717) is 13.1 Å². The van der Waals surface area contributed by atoms with Gasteiger partial charge in [-0.15, -0.1) is 0 Å². The van der Waals surface area contributed by atoms with Gasteiger partial charge in [-0.05, 0) is 20.8 Å². The van der Waals surface area contributed by atoms with E-state index < -0.39 is 5.60 Å². The molecule has 2 atom stereocenters. The van der Waals surface area contributed by atoms with Gasteiger partial charge in [0.25, 0.3) is 0 Å². The smallest absolute Gasteiger partial charge is 0.410 e. The highest BCUT2D eigenvalue weighted by Crippen LogP contribution is 2.18. The number of likely N-dealkylation sites (tertiary alicyclic amines) is 1. The predicted octanol–water partition coefficient (Wildman–Crippen LogP) is 1.66. The van der Waals surface area contributed by atoms with Crippen LogP contribution in [0.4, 0.5) is 4.79 Å². The highest BCUT2D eigenvalue weighted by atomic mass is 16.6. The largest absolute Gasteiger partial charge is 0.444 e. The normalized spacial score (nSPS) is 25.8. The number of carbonyl (C=O) groups is 1. The molecule has 1 heterocycles. The molecule has 1 saturated heterocycles. The number of nitrogens with zero attached hydrogens (tertiary/aromatic N) is 1. The molecule has 1 aliphatic rings. The standard InChI is InChI=1S/C12H23NO4/c1-12(2,3)17-11(14)13-7-9(15-4)6-10(8-13)16-5/h9-10H,6-8H2,1-5H3. The van der Waals surface area contributed by atoms with Crippen molar-refractivity contribution >= 4 is 6.09 Å². The highest BCUT2D eigenvalue weighted by molar-refractivity contribution is 5.68. The second-order valence-corrected chi connectivity index (χ2v) is 5.34. The van der Waals surface area contributed by atoms with Crippen LogP contribution in [0.2, 0.25) is 0 Å². The van der Waals surface area contributed by atoms with Crippen molar-refractivity contribution in [1.82, 2.24) is 4.90 Å². The number of amides is 1. The molecule has 100 valence electrons. The molecule has 0 spiro atoms. The van der Waals surface area contributed by atoms with Crippen molar-refractivity contribution in [2.24, 2.45) is 0 Å². The highest BCUT2D eigenvalue weighted by Gasteiger charge is 2.32. The molecule has 1 fully saturated rings. The van der Waals surface area contributed by atoms with Gasteiger partial charge in [0.15, 0.2) is 0 Å². The average Bonchev–Trinajstić information content (AvgIpc) is 2.26. The van der Waals surface area contributed by atoms with Crippen LogP contribution in [0.5, 0.6) is 0 Å². The minimum absolute atomic E-state index is 0.0150. The Hall–Kier alpha value is -0.810. The fourth-order valence-corrected chi connectivity index (χ4v) is 1.83. The maximum atomic E-state index is 11.9. The lowest BCUT2D eigenvalue weighted by Gasteiger charge is -2.37. The summed E-state index contributed by atoms with van der Waals surface area (Å²) >= 11 is 0. The molecule has 1 rings (SSSR count). The topological polar surface area (TPSA) is 48.0 Å². The summed E-state index contributed by atoms with van der Waals surface area (Å²) in [4.78, 5) is 13.6. The molecule has 0 saturated carbocycles. The Kier molecular flexibility index (Phi) is 4.77. The van der Waals surface area contributed by atoms with Crippen molar-refractivity contribution in [3.8, 4) is 0 Å². The predicted molar refractivity (Wildman–Crippen MR) is 64.0 cm³/mol. The minimum Gasteiger partial charge on any atom is -0.444 e. The second-order valence-electron chi connectivity index (χ2n) is 5.34. The van der Waals surface area contributed by atoms with E-state index in [1.165, 1.54) is 0 Å². The molecule has 1 aliphatic heterocycles. The quantitative estimate of drug-likeness (QED) is 0.742. The molecule has 5 nitrogen and oxygen atoms in total. The van der Waals surface area contributed by atoms with E-state index >= 15 is 0 Å².